The molecule has 0 spiro atoms. The number of anilines is 1. The molecule has 3 aromatic rings. The number of carbonyl (C=O) groups is 2. The summed E-state index contributed by atoms with van der Waals surface area (Å²) in [7, 11) is 1.89. The number of nitrogens with one attached hydrogen (secondary N) is 1. The van der Waals surface area contributed by atoms with E-state index in [9.17, 15) is 9.59 Å². The van der Waals surface area contributed by atoms with Gasteiger partial charge in [0.25, 0.3) is 5.91 Å². The van der Waals surface area contributed by atoms with Gasteiger partial charge in [0.1, 0.15) is 0 Å². The fourth-order valence-electron chi connectivity index (χ4n) is 2.24. The number of thioether (sulfide) groups is 1. The first-order valence-electron chi connectivity index (χ1n) is 7.73. The Bertz CT molecular complexity index is 873. The number of carbonyl (C=O) groups excluding carboxylic acids is 2. The summed E-state index contributed by atoms with van der Waals surface area (Å²) in [5, 5.41) is 3.62. The molecule has 0 unspecified atom stereocenters. The number of imidazole rings is 1. The van der Waals surface area contributed by atoms with Crippen molar-refractivity contribution in [2.45, 2.75) is 5.16 Å². The van der Waals surface area contributed by atoms with Gasteiger partial charge in [0, 0.05) is 36.3 Å². The molecule has 1 amide bonds. The van der Waals surface area contributed by atoms with E-state index in [2.05, 4.69) is 10.3 Å². The van der Waals surface area contributed by atoms with E-state index in [-0.39, 0.29) is 11.7 Å². The average molecular weight is 351 g/mol. The fraction of sp³-hybridized carbons (Fsp3) is 0.105. The van der Waals surface area contributed by atoms with Crippen LogP contribution in [0.1, 0.15) is 20.7 Å². The minimum absolute atomic E-state index is 0.0222. The summed E-state index contributed by atoms with van der Waals surface area (Å²) in [6.45, 7) is 0. The van der Waals surface area contributed by atoms with Crippen molar-refractivity contribution in [2.24, 2.45) is 7.05 Å². The lowest BCUT2D eigenvalue weighted by molar-refractivity contribution is 0.101. The van der Waals surface area contributed by atoms with Crippen LogP contribution in [-0.4, -0.2) is 27.0 Å². The molecule has 0 aliphatic rings. The lowest BCUT2D eigenvalue weighted by atomic mass is 10.1. The fourth-order valence-corrected chi connectivity index (χ4v) is 3.06. The maximum Gasteiger partial charge on any atom is 0.255 e. The Labute approximate surface area is 150 Å². The minimum Gasteiger partial charge on any atom is -0.329 e. The standard InChI is InChI=1S/C19H17N3O2S/c1-22-12-11-20-19(22)25-13-17(23)14-7-9-16(10-8-14)21-18(24)15-5-3-2-4-6-15/h2-12H,13H2,1H3,(H,21,24). The van der Waals surface area contributed by atoms with Gasteiger partial charge in [0.15, 0.2) is 10.9 Å². The number of aryl methyl sites for hydroxylation is 1. The van der Waals surface area contributed by atoms with Crippen LogP contribution in [0.5, 0.6) is 0 Å². The predicted molar refractivity (Wildman–Crippen MR) is 99.1 cm³/mol. The Morgan fingerprint density at radius 3 is 2.40 bits per heavy atom. The van der Waals surface area contributed by atoms with E-state index in [1.54, 1.807) is 42.6 Å². The molecule has 5 nitrogen and oxygen atoms in total. The van der Waals surface area contributed by atoms with Crippen molar-refractivity contribution in [1.29, 1.82) is 0 Å². The van der Waals surface area contributed by atoms with Gasteiger partial charge in [-0.05, 0) is 36.4 Å². The summed E-state index contributed by atoms with van der Waals surface area (Å²) in [5.41, 5.74) is 1.86. The van der Waals surface area contributed by atoms with E-state index in [1.165, 1.54) is 11.8 Å². The maximum atomic E-state index is 12.3. The molecule has 0 aliphatic heterocycles. The summed E-state index contributed by atoms with van der Waals surface area (Å²) in [6, 6.07) is 15.9. The lowest BCUT2D eigenvalue weighted by Crippen LogP contribution is -2.12. The summed E-state index contributed by atoms with van der Waals surface area (Å²) in [4.78, 5) is 28.6. The molecule has 126 valence electrons. The van der Waals surface area contributed by atoms with Crippen LogP contribution in [0.2, 0.25) is 0 Å². The third kappa shape index (κ3) is 4.36. The predicted octanol–water partition coefficient (Wildman–Crippen LogP) is 3.65. The van der Waals surface area contributed by atoms with Crippen molar-refractivity contribution in [3.63, 3.8) is 0 Å². The van der Waals surface area contributed by atoms with E-state index in [4.69, 9.17) is 0 Å². The second-order valence-electron chi connectivity index (χ2n) is 5.43. The van der Waals surface area contributed by atoms with Gasteiger partial charge in [-0.15, -0.1) is 0 Å². The first-order chi connectivity index (χ1) is 12.1. The van der Waals surface area contributed by atoms with Crippen LogP contribution in [0.4, 0.5) is 5.69 Å². The monoisotopic (exact) mass is 351 g/mol. The van der Waals surface area contributed by atoms with Crippen LogP contribution in [0.25, 0.3) is 0 Å². The molecular weight excluding hydrogens is 334 g/mol. The van der Waals surface area contributed by atoms with Gasteiger partial charge >= 0.3 is 0 Å². The van der Waals surface area contributed by atoms with Crippen LogP contribution in [0.15, 0.2) is 72.1 Å². The molecule has 0 bridgehead atoms. The summed E-state index contributed by atoms with van der Waals surface area (Å²) in [5.74, 6) is 0.166. The van der Waals surface area contributed by atoms with Crippen molar-refractivity contribution in [1.82, 2.24) is 9.55 Å². The number of aromatic nitrogens is 2. The molecule has 0 radical (unpaired) electrons. The molecule has 3 rings (SSSR count). The van der Waals surface area contributed by atoms with Crippen molar-refractivity contribution < 1.29 is 9.59 Å². The van der Waals surface area contributed by atoms with E-state index < -0.39 is 0 Å². The topological polar surface area (TPSA) is 64.0 Å². The Kier molecular flexibility index (Phi) is 5.30. The smallest absolute Gasteiger partial charge is 0.255 e. The largest absolute Gasteiger partial charge is 0.329 e. The Morgan fingerprint density at radius 2 is 1.76 bits per heavy atom. The van der Waals surface area contributed by atoms with E-state index in [1.807, 2.05) is 36.0 Å². The summed E-state index contributed by atoms with van der Waals surface area (Å²) < 4.78 is 1.88. The van der Waals surface area contributed by atoms with Gasteiger partial charge in [-0.25, -0.2) is 4.98 Å². The molecule has 0 saturated carbocycles. The molecule has 0 fully saturated rings. The van der Waals surface area contributed by atoms with E-state index >= 15 is 0 Å². The van der Waals surface area contributed by atoms with Crippen molar-refractivity contribution in [3.05, 3.63) is 78.1 Å². The van der Waals surface area contributed by atoms with Gasteiger partial charge in [-0.1, -0.05) is 30.0 Å². The highest BCUT2D eigenvalue weighted by Gasteiger charge is 2.10. The van der Waals surface area contributed by atoms with Crippen molar-refractivity contribution >= 4 is 29.1 Å². The highest BCUT2D eigenvalue weighted by atomic mass is 32.2. The third-order valence-corrected chi connectivity index (χ3v) is 4.67. The van der Waals surface area contributed by atoms with Gasteiger partial charge in [-0.2, -0.15) is 0 Å². The van der Waals surface area contributed by atoms with Crippen LogP contribution < -0.4 is 5.32 Å². The molecular formula is C19H17N3O2S. The van der Waals surface area contributed by atoms with Crippen LogP contribution in [0, 0.1) is 0 Å². The first-order valence-corrected chi connectivity index (χ1v) is 8.72. The zero-order valence-corrected chi connectivity index (χ0v) is 14.5. The number of rotatable bonds is 6. The van der Waals surface area contributed by atoms with E-state index in [0.29, 0.717) is 22.6 Å². The third-order valence-electron chi connectivity index (χ3n) is 3.61. The molecule has 0 atom stereocenters. The van der Waals surface area contributed by atoms with Gasteiger partial charge in [-0.3, -0.25) is 9.59 Å². The molecule has 25 heavy (non-hydrogen) atoms. The van der Waals surface area contributed by atoms with Gasteiger partial charge in [0.2, 0.25) is 0 Å². The quantitative estimate of drug-likeness (QED) is 0.544. The number of benzene rings is 2. The SMILES string of the molecule is Cn1ccnc1SCC(=O)c1ccc(NC(=O)c2ccccc2)cc1. The average Bonchev–Trinajstić information content (AvgIpc) is 3.06. The van der Waals surface area contributed by atoms with Crippen molar-refractivity contribution in [2.75, 3.05) is 11.1 Å². The van der Waals surface area contributed by atoms with Crippen LogP contribution in [-0.2, 0) is 7.05 Å². The number of hydrogen-bond acceptors (Lipinski definition) is 4. The maximum absolute atomic E-state index is 12.3. The molecule has 1 heterocycles. The van der Waals surface area contributed by atoms with E-state index in [0.717, 1.165) is 5.16 Å². The molecule has 0 aliphatic carbocycles. The molecule has 0 saturated heterocycles. The number of ketones is 1. The Balaban J connectivity index is 1.59. The van der Waals surface area contributed by atoms with Crippen molar-refractivity contribution in [3.8, 4) is 0 Å². The molecule has 1 aromatic heterocycles. The minimum atomic E-state index is -0.176. The van der Waals surface area contributed by atoms with Crippen LogP contribution in [0.3, 0.4) is 0 Å². The Morgan fingerprint density at radius 1 is 1.04 bits per heavy atom. The zero-order valence-electron chi connectivity index (χ0n) is 13.7. The lowest BCUT2D eigenvalue weighted by Gasteiger charge is -2.06. The molecule has 1 N–H and O–H groups in total. The van der Waals surface area contributed by atoms with Gasteiger partial charge in [0.05, 0.1) is 5.75 Å². The normalized spacial score (nSPS) is 10.4. The molecule has 6 heteroatoms. The number of Topliss-reactive ketones (excluding diaryl/α,β-unsaturated/α-hetero) is 1. The first kappa shape index (κ1) is 17.0. The number of nitrogens with zero attached hydrogens (tertiary/aromatic N) is 2. The Hall–Kier alpha value is -2.86. The van der Waals surface area contributed by atoms with Gasteiger partial charge < -0.3 is 9.88 Å². The molecule has 2 aromatic carbocycles. The second-order valence-corrected chi connectivity index (χ2v) is 6.37. The zero-order chi connectivity index (χ0) is 17.6. The highest BCUT2D eigenvalue weighted by molar-refractivity contribution is 7.99. The summed E-state index contributed by atoms with van der Waals surface area (Å²) >= 11 is 1.40. The highest BCUT2D eigenvalue weighted by Crippen LogP contribution is 2.18. The van der Waals surface area contributed by atoms with Crippen LogP contribution >= 0.6 is 11.8 Å². The summed E-state index contributed by atoms with van der Waals surface area (Å²) in [6.07, 6.45) is 3.55. The number of amides is 1. The number of hydrogen-bond donors (Lipinski definition) is 1. The second kappa shape index (κ2) is 7.81.